The molecule has 2 heterocycles. The third-order valence-corrected chi connectivity index (χ3v) is 3.58. The van der Waals surface area contributed by atoms with Crippen molar-refractivity contribution in [1.82, 2.24) is 25.0 Å². The lowest BCUT2D eigenvalue weighted by atomic mass is 10.2. The fraction of sp³-hybridized carbons (Fsp3) is 0.375. The maximum Gasteiger partial charge on any atom is 0.184 e. The summed E-state index contributed by atoms with van der Waals surface area (Å²) in [5.74, 6) is 1.59. The molecule has 0 bridgehead atoms. The van der Waals surface area contributed by atoms with Crippen LogP contribution in [0.1, 0.15) is 31.2 Å². The van der Waals surface area contributed by atoms with E-state index in [2.05, 4.69) is 44.7 Å². The highest BCUT2D eigenvalue weighted by atomic mass is 15.4. The zero-order chi connectivity index (χ0) is 15.4. The Bertz CT molecular complexity index is 750. The van der Waals surface area contributed by atoms with Crippen molar-refractivity contribution in [1.29, 1.82) is 0 Å². The molecule has 1 aromatic carbocycles. The highest BCUT2D eigenvalue weighted by molar-refractivity contribution is 5.82. The summed E-state index contributed by atoms with van der Waals surface area (Å²) in [5, 5.41) is 11.6. The van der Waals surface area contributed by atoms with E-state index in [1.54, 1.807) is 0 Å². The predicted molar refractivity (Wildman–Crippen MR) is 86.8 cm³/mol. The summed E-state index contributed by atoms with van der Waals surface area (Å²) >= 11 is 0. The number of nitrogens with one attached hydrogen (secondary N) is 1. The highest BCUT2D eigenvalue weighted by Crippen LogP contribution is 2.18. The van der Waals surface area contributed by atoms with E-state index in [1.807, 2.05) is 29.9 Å². The molecule has 0 radical (unpaired) electrons. The van der Waals surface area contributed by atoms with Gasteiger partial charge in [0, 0.05) is 13.5 Å². The van der Waals surface area contributed by atoms with Crippen molar-refractivity contribution in [2.24, 2.45) is 0 Å². The van der Waals surface area contributed by atoms with Crippen LogP contribution in [0, 0.1) is 0 Å². The van der Waals surface area contributed by atoms with E-state index in [4.69, 9.17) is 0 Å². The standard InChI is InChI=1S/C16H20N6/c1-3-4-10-13-18-15(17-2)14-16(19-13)22(21-20-14)11-12-8-6-5-7-9-12/h5-9H,3-4,10-11H2,1-2H3,(H,17,18,19). The quantitative estimate of drug-likeness (QED) is 0.757. The van der Waals surface area contributed by atoms with Gasteiger partial charge < -0.3 is 5.32 Å². The first-order valence-electron chi connectivity index (χ1n) is 7.63. The average Bonchev–Trinajstić information content (AvgIpc) is 2.96. The first-order valence-corrected chi connectivity index (χ1v) is 7.63. The molecule has 3 rings (SSSR count). The summed E-state index contributed by atoms with van der Waals surface area (Å²) in [6.07, 6.45) is 3.07. The average molecular weight is 296 g/mol. The molecule has 0 amide bonds. The maximum atomic E-state index is 4.66. The van der Waals surface area contributed by atoms with Crippen molar-refractivity contribution < 1.29 is 0 Å². The molecule has 0 spiro atoms. The van der Waals surface area contributed by atoms with E-state index in [-0.39, 0.29) is 0 Å². The number of benzene rings is 1. The van der Waals surface area contributed by atoms with E-state index < -0.39 is 0 Å². The van der Waals surface area contributed by atoms with Crippen molar-refractivity contribution in [3.63, 3.8) is 0 Å². The molecule has 6 heteroatoms. The van der Waals surface area contributed by atoms with Gasteiger partial charge in [0.05, 0.1) is 6.54 Å². The molecule has 2 aromatic heterocycles. The topological polar surface area (TPSA) is 68.5 Å². The third kappa shape index (κ3) is 2.90. The molecule has 3 aromatic rings. The lowest BCUT2D eigenvalue weighted by Gasteiger charge is -2.06. The third-order valence-electron chi connectivity index (χ3n) is 3.58. The second-order valence-corrected chi connectivity index (χ2v) is 5.25. The van der Waals surface area contributed by atoms with Gasteiger partial charge in [0.1, 0.15) is 5.82 Å². The van der Waals surface area contributed by atoms with Crippen molar-refractivity contribution >= 4 is 17.0 Å². The number of unbranched alkanes of at least 4 members (excludes halogenated alkanes) is 1. The van der Waals surface area contributed by atoms with Crippen molar-refractivity contribution in [2.45, 2.75) is 32.7 Å². The molecular formula is C16H20N6. The number of aryl methyl sites for hydroxylation is 1. The second-order valence-electron chi connectivity index (χ2n) is 5.25. The zero-order valence-corrected chi connectivity index (χ0v) is 13.0. The van der Waals surface area contributed by atoms with Gasteiger partial charge in [0.2, 0.25) is 0 Å². The number of rotatable bonds is 6. The lowest BCUT2D eigenvalue weighted by Crippen LogP contribution is -2.06. The molecule has 22 heavy (non-hydrogen) atoms. The van der Waals surface area contributed by atoms with Gasteiger partial charge in [-0.1, -0.05) is 48.9 Å². The van der Waals surface area contributed by atoms with Crippen LogP contribution < -0.4 is 5.32 Å². The van der Waals surface area contributed by atoms with Gasteiger partial charge in [-0.05, 0) is 12.0 Å². The van der Waals surface area contributed by atoms with Gasteiger partial charge in [0.25, 0.3) is 0 Å². The second kappa shape index (κ2) is 6.51. The van der Waals surface area contributed by atoms with Crippen molar-refractivity contribution in [3.8, 4) is 0 Å². The summed E-state index contributed by atoms with van der Waals surface area (Å²) in [6.45, 7) is 2.82. The lowest BCUT2D eigenvalue weighted by molar-refractivity contribution is 0.661. The summed E-state index contributed by atoms with van der Waals surface area (Å²) < 4.78 is 1.84. The van der Waals surface area contributed by atoms with Crippen LogP contribution >= 0.6 is 0 Å². The number of aromatic nitrogens is 5. The smallest absolute Gasteiger partial charge is 0.184 e. The van der Waals surface area contributed by atoms with E-state index in [0.717, 1.165) is 42.1 Å². The van der Waals surface area contributed by atoms with E-state index in [1.165, 1.54) is 5.56 Å². The predicted octanol–water partition coefficient (Wildman–Crippen LogP) is 2.65. The summed E-state index contributed by atoms with van der Waals surface area (Å²) in [4.78, 5) is 9.20. The van der Waals surface area contributed by atoms with Crippen LogP contribution in [0.15, 0.2) is 30.3 Å². The number of hydrogen-bond donors (Lipinski definition) is 1. The Morgan fingerprint density at radius 1 is 1.14 bits per heavy atom. The molecule has 6 nitrogen and oxygen atoms in total. The Kier molecular flexibility index (Phi) is 4.27. The minimum atomic E-state index is 0.657. The fourth-order valence-electron chi connectivity index (χ4n) is 2.39. The van der Waals surface area contributed by atoms with Crippen LogP contribution in [0.4, 0.5) is 5.82 Å². The highest BCUT2D eigenvalue weighted by Gasteiger charge is 2.13. The Hall–Kier alpha value is -2.50. The Morgan fingerprint density at radius 2 is 1.95 bits per heavy atom. The van der Waals surface area contributed by atoms with E-state index in [9.17, 15) is 0 Å². The Labute approximate surface area is 129 Å². The van der Waals surface area contributed by atoms with Crippen LogP contribution in [-0.2, 0) is 13.0 Å². The molecule has 0 saturated carbocycles. The first kappa shape index (κ1) is 14.4. The van der Waals surface area contributed by atoms with Gasteiger partial charge >= 0.3 is 0 Å². The van der Waals surface area contributed by atoms with Gasteiger partial charge in [0.15, 0.2) is 17.0 Å². The minimum Gasteiger partial charge on any atom is -0.371 e. The van der Waals surface area contributed by atoms with Crippen LogP contribution in [0.3, 0.4) is 0 Å². The number of hydrogen-bond acceptors (Lipinski definition) is 5. The van der Waals surface area contributed by atoms with E-state index in [0.29, 0.717) is 6.54 Å². The fourth-order valence-corrected chi connectivity index (χ4v) is 2.39. The number of nitrogens with zero attached hydrogens (tertiary/aromatic N) is 5. The Morgan fingerprint density at radius 3 is 2.68 bits per heavy atom. The van der Waals surface area contributed by atoms with Crippen molar-refractivity contribution in [2.75, 3.05) is 12.4 Å². The first-order chi connectivity index (χ1) is 10.8. The van der Waals surface area contributed by atoms with Gasteiger partial charge in [-0.15, -0.1) is 5.10 Å². The SMILES string of the molecule is CCCCc1nc(NC)c2nnn(Cc3ccccc3)c2n1. The maximum absolute atomic E-state index is 4.66. The molecule has 0 aliphatic rings. The molecule has 0 unspecified atom stereocenters. The van der Waals surface area contributed by atoms with E-state index >= 15 is 0 Å². The molecule has 0 atom stereocenters. The van der Waals surface area contributed by atoms with Gasteiger partial charge in [-0.2, -0.15) is 0 Å². The van der Waals surface area contributed by atoms with Crippen LogP contribution in [0.2, 0.25) is 0 Å². The normalized spacial score (nSPS) is 11.0. The van der Waals surface area contributed by atoms with Crippen molar-refractivity contribution in [3.05, 3.63) is 41.7 Å². The minimum absolute atomic E-state index is 0.657. The van der Waals surface area contributed by atoms with Gasteiger partial charge in [-0.25, -0.2) is 14.6 Å². The Balaban J connectivity index is 2.00. The summed E-state index contributed by atoms with van der Waals surface area (Å²) in [7, 11) is 1.85. The summed E-state index contributed by atoms with van der Waals surface area (Å²) in [5.41, 5.74) is 2.68. The molecule has 0 fully saturated rings. The largest absolute Gasteiger partial charge is 0.371 e. The zero-order valence-electron chi connectivity index (χ0n) is 13.0. The van der Waals surface area contributed by atoms with Crippen LogP contribution in [-0.4, -0.2) is 32.0 Å². The monoisotopic (exact) mass is 296 g/mol. The van der Waals surface area contributed by atoms with Crippen LogP contribution in [0.25, 0.3) is 11.2 Å². The van der Waals surface area contributed by atoms with Crippen LogP contribution in [0.5, 0.6) is 0 Å². The molecule has 114 valence electrons. The molecule has 0 aliphatic heterocycles. The molecule has 1 N–H and O–H groups in total. The number of fused-ring (bicyclic) bond motifs is 1. The molecule has 0 saturated heterocycles. The van der Waals surface area contributed by atoms with Gasteiger partial charge in [-0.3, -0.25) is 0 Å². The molecule has 0 aliphatic carbocycles. The summed E-state index contributed by atoms with van der Waals surface area (Å²) in [6, 6.07) is 10.2. The molecular weight excluding hydrogens is 276 g/mol. The number of anilines is 1.